The lowest BCUT2D eigenvalue weighted by atomic mass is 9.93. The molecule has 9 nitrogen and oxygen atoms in total. The van der Waals surface area contributed by atoms with Crippen LogP contribution in [0, 0.1) is 0 Å². The van der Waals surface area contributed by atoms with E-state index in [4.69, 9.17) is 0 Å². The fraction of sp³-hybridized carbons (Fsp3) is 0.459. The third kappa shape index (κ3) is 32.7. The lowest BCUT2D eigenvalue weighted by Gasteiger charge is -2.13. The molecule has 0 saturated heterocycles. The van der Waals surface area contributed by atoms with Crippen molar-refractivity contribution >= 4 is 68.6 Å². The summed E-state index contributed by atoms with van der Waals surface area (Å²) >= 11 is 9.71. The molecule has 0 bridgehead atoms. The summed E-state index contributed by atoms with van der Waals surface area (Å²) in [5, 5.41) is 9.43. The zero-order chi connectivity index (χ0) is 56.9. The number of hydrogen-bond donors (Lipinski definition) is 0. The average molecular weight is 1140 g/mol. The van der Waals surface area contributed by atoms with Crippen LogP contribution < -0.4 is 0 Å². The van der Waals surface area contributed by atoms with Crippen LogP contribution in [0.2, 0.25) is 0 Å². The van der Waals surface area contributed by atoms with Crippen LogP contribution in [-0.2, 0) is 5.41 Å². The van der Waals surface area contributed by atoms with Gasteiger partial charge in [-0.3, -0.25) is 19.9 Å². The Bertz CT molecular complexity index is 2230. The van der Waals surface area contributed by atoms with Crippen molar-refractivity contribution in [1.29, 1.82) is 0 Å². The quantitative estimate of drug-likeness (QED) is 0.147. The minimum Gasteiger partial charge on any atom is -0.265 e. The van der Waals surface area contributed by atoms with Gasteiger partial charge in [0.2, 0.25) is 0 Å². The minimum absolute atomic E-state index is 0.222. The van der Waals surface area contributed by atoms with Gasteiger partial charge in [0, 0.05) is 104 Å². The van der Waals surface area contributed by atoms with Crippen LogP contribution in [0.25, 0.3) is 0 Å². The molecule has 9 aromatic rings. The third-order valence-electron chi connectivity index (χ3n) is 10.4. The van der Waals surface area contributed by atoms with E-state index in [0.717, 1.165) is 5.69 Å². The summed E-state index contributed by atoms with van der Waals surface area (Å²) in [6, 6.07) is 18.3. The van der Waals surface area contributed by atoms with Gasteiger partial charge in [0.1, 0.15) is 0 Å². The SMILES string of the molecule is CC(C)(C)c1cscn1.CC(C)c1ccccn1.CC(C)c1cccnc1.CC(C)c1ccncc1.CC(C)c1ccns1.CC(C)c1ccsn1.CC(C)c1cncs1.CC(C)c1cnsc1.CC(C)c1nccs1. The second-order valence-corrected chi connectivity index (χ2v) is 25.5. The first-order valence-electron chi connectivity index (χ1n) is 26.1. The van der Waals surface area contributed by atoms with E-state index in [-0.39, 0.29) is 5.41 Å². The van der Waals surface area contributed by atoms with Crippen molar-refractivity contribution in [2.75, 3.05) is 0 Å². The zero-order valence-corrected chi connectivity index (χ0v) is 53.8. The summed E-state index contributed by atoms with van der Waals surface area (Å²) < 4.78 is 12.1. The fourth-order valence-electron chi connectivity index (χ4n) is 5.34. The van der Waals surface area contributed by atoms with E-state index in [1.165, 1.54) is 65.9 Å². The largest absolute Gasteiger partial charge is 0.265 e. The number of hydrogen-bond acceptors (Lipinski definition) is 15. The molecule has 15 heteroatoms. The molecule has 414 valence electrons. The van der Waals surface area contributed by atoms with Gasteiger partial charge in [-0.15, -0.1) is 34.0 Å². The van der Waals surface area contributed by atoms with Crippen molar-refractivity contribution in [2.24, 2.45) is 0 Å². The minimum atomic E-state index is 0.222. The Morgan fingerprint density at radius 3 is 1.36 bits per heavy atom. The maximum atomic E-state index is 4.21. The molecule has 0 radical (unpaired) electrons. The van der Waals surface area contributed by atoms with Crippen molar-refractivity contribution in [3.05, 3.63) is 191 Å². The van der Waals surface area contributed by atoms with Gasteiger partial charge >= 0.3 is 0 Å². The highest BCUT2D eigenvalue weighted by molar-refractivity contribution is 7.10. The van der Waals surface area contributed by atoms with Crippen molar-refractivity contribution in [2.45, 2.75) is 184 Å². The highest BCUT2D eigenvalue weighted by Crippen LogP contribution is 2.22. The Labute approximate surface area is 483 Å². The van der Waals surface area contributed by atoms with Crippen LogP contribution in [-0.4, -0.2) is 43.0 Å². The lowest BCUT2D eigenvalue weighted by Crippen LogP contribution is -2.10. The van der Waals surface area contributed by atoms with Gasteiger partial charge in [-0.1, -0.05) is 144 Å². The number of pyridine rings is 3. The van der Waals surface area contributed by atoms with Crippen molar-refractivity contribution in [3.8, 4) is 0 Å². The molecule has 0 amide bonds. The summed E-state index contributed by atoms with van der Waals surface area (Å²) in [5.41, 5.74) is 11.5. The van der Waals surface area contributed by atoms with E-state index in [1.807, 2.05) is 108 Å². The fourth-order valence-corrected chi connectivity index (χ4v) is 9.34. The van der Waals surface area contributed by atoms with Crippen LogP contribution in [0.15, 0.2) is 143 Å². The molecule has 0 fully saturated rings. The normalized spacial score (nSPS) is 10.5. The monoisotopic (exact) mass is 1140 g/mol. The molecule has 0 aromatic carbocycles. The van der Waals surface area contributed by atoms with E-state index in [2.05, 4.69) is 204 Å². The maximum absolute atomic E-state index is 4.21. The molecular weight excluding hydrogens is 1050 g/mol. The van der Waals surface area contributed by atoms with Crippen LogP contribution in [0.4, 0.5) is 0 Å². The molecule has 0 atom stereocenters. The average Bonchev–Trinajstić information content (AvgIpc) is 4.26. The van der Waals surface area contributed by atoms with Gasteiger partial charge in [-0.25, -0.2) is 18.7 Å². The predicted molar refractivity (Wildman–Crippen MR) is 337 cm³/mol. The molecule has 0 spiro atoms. The molecule has 0 aliphatic rings. The summed E-state index contributed by atoms with van der Waals surface area (Å²) in [6.07, 6.45) is 16.7. The Balaban J connectivity index is 0.000000428. The smallest absolute Gasteiger partial charge is 0.0950 e. The first-order chi connectivity index (χ1) is 36.0. The number of rotatable bonds is 8. The molecule has 0 N–H and O–H groups in total. The lowest BCUT2D eigenvalue weighted by molar-refractivity contribution is 0.573. The van der Waals surface area contributed by atoms with Gasteiger partial charge in [-0.05, 0) is 135 Å². The first-order valence-corrected chi connectivity index (χ1v) is 31.3. The maximum Gasteiger partial charge on any atom is 0.0950 e. The highest BCUT2D eigenvalue weighted by atomic mass is 32.1. The van der Waals surface area contributed by atoms with Crippen LogP contribution in [0.1, 0.15) is 227 Å². The number of nitrogens with zero attached hydrogens (tertiary/aromatic N) is 9. The van der Waals surface area contributed by atoms with E-state index in [0.29, 0.717) is 47.3 Å². The standard InChI is InChI=1S/3C8H11N.C7H11NS.5C6H9NS/c1-7(2)8-3-5-9-6-4-8;1-7(2)8-4-3-5-9-6-8;1-7(2)8-5-3-4-6-9-8;1-7(2,3)6-4-9-5-8-6;1-5(2)6-3-7-4-8-6;1-5(2)6-3-7-8-4-6;1-5(2)6-7-3-4-8-6;1-5(2)6-3-4-8-7-6;1-5(2)6-3-4-7-8-6/h3*3-7H,1-2H3;4-5H,1-3H3;5*3-5H,1-2H3. The number of aromatic nitrogens is 9. The number of thiazole rings is 3. The van der Waals surface area contributed by atoms with Gasteiger partial charge in [0.05, 0.1) is 27.4 Å². The molecule has 0 aliphatic carbocycles. The van der Waals surface area contributed by atoms with Crippen LogP contribution in [0.5, 0.6) is 0 Å². The van der Waals surface area contributed by atoms with Crippen LogP contribution >= 0.6 is 68.6 Å². The van der Waals surface area contributed by atoms with Crippen LogP contribution in [0.3, 0.4) is 0 Å². The Morgan fingerprint density at radius 1 is 0.408 bits per heavy atom. The second-order valence-electron chi connectivity index (χ2n) is 20.8. The summed E-state index contributed by atoms with van der Waals surface area (Å²) in [4.78, 5) is 27.1. The van der Waals surface area contributed by atoms with Gasteiger partial charge < -0.3 is 0 Å². The van der Waals surface area contributed by atoms with E-state index in [9.17, 15) is 0 Å². The van der Waals surface area contributed by atoms with Crippen molar-refractivity contribution in [3.63, 3.8) is 0 Å². The molecule has 0 unspecified atom stereocenters. The van der Waals surface area contributed by atoms with Gasteiger partial charge in [-0.2, -0.15) is 4.37 Å². The third-order valence-corrected chi connectivity index (χ3v) is 15.3. The molecular formula is C61H89N9S6. The molecule has 0 aliphatic heterocycles. The molecule has 9 rings (SSSR count). The zero-order valence-electron chi connectivity index (χ0n) is 48.9. The summed E-state index contributed by atoms with van der Waals surface area (Å²) in [7, 11) is 0. The first kappa shape index (κ1) is 69.2. The van der Waals surface area contributed by atoms with Crippen molar-refractivity contribution in [1.82, 2.24) is 43.0 Å². The Kier molecular flexibility index (Phi) is 36.8. The van der Waals surface area contributed by atoms with Gasteiger partial charge in [0.25, 0.3) is 0 Å². The summed E-state index contributed by atoms with van der Waals surface area (Å²) in [5.74, 6) is 4.85. The van der Waals surface area contributed by atoms with E-state index in [1.54, 1.807) is 51.7 Å². The highest BCUT2D eigenvalue weighted by Gasteiger charge is 2.14. The molecule has 0 saturated carbocycles. The molecule has 76 heavy (non-hydrogen) atoms. The molecule has 9 heterocycles. The Hall–Kier alpha value is -4.77. The Morgan fingerprint density at radius 2 is 1.08 bits per heavy atom. The van der Waals surface area contributed by atoms with E-state index < -0.39 is 0 Å². The topological polar surface area (TPSA) is 116 Å². The predicted octanol–water partition coefficient (Wildman–Crippen LogP) is 20.4. The second kappa shape index (κ2) is 40.4. The van der Waals surface area contributed by atoms with Gasteiger partial charge in [0.15, 0.2) is 0 Å². The van der Waals surface area contributed by atoms with E-state index >= 15 is 0 Å². The molecule has 9 aromatic heterocycles. The summed E-state index contributed by atoms with van der Waals surface area (Å²) in [6.45, 7) is 41.1. The van der Waals surface area contributed by atoms with Crippen molar-refractivity contribution < 1.29 is 0 Å².